The van der Waals surface area contributed by atoms with Gasteiger partial charge in [-0.3, -0.25) is 4.79 Å². The van der Waals surface area contributed by atoms with Gasteiger partial charge in [0.05, 0.1) is 12.6 Å². The number of amides is 1. The number of likely N-dealkylation sites (tertiary alicyclic amines) is 1. The number of aliphatic hydroxyl groups is 1. The fraction of sp³-hybridized carbons (Fsp3) is 0.438. The van der Waals surface area contributed by atoms with Crippen molar-refractivity contribution in [1.82, 2.24) is 9.47 Å². The molecule has 0 aliphatic carbocycles. The molecule has 2 aromatic rings. The van der Waals surface area contributed by atoms with E-state index in [-0.39, 0.29) is 18.6 Å². The van der Waals surface area contributed by atoms with Crippen LogP contribution in [0.3, 0.4) is 0 Å². The van der Waals surface area contributed by atoms with Crippen molar-refractivity contribution in [2.24, 2.45) is 0 Å². The van der Waals surface area contributed by atoms with E-state index >= 15 is 0 Å². The second kappa shape index (κ2) is 5.29. The average molecular weight is 272 g/mol. The van der Waals surface area contributed by atoms with Gasteiger partial charge < -0.3 is 14.6 Å². The average Bonchev–Trinajstić information content (AvgIpc) is 3.04. The van der Waals surface area contributed by atoms with E-state index in [2.05, 4.69) is 16.7 Å². The molecule has 4 nitrogen and oxygen atoms in total. The molecule has 1 aromatic heterocycles. The fourth-order valence-electron chi connectivity index (χ4n) is 3.14. The van der Waals surface area contributed by atoms with Crippen LogP contribution in [0.4, 0.5) is 0 Å². The van der Waals surface area contributed by atoms with E-state index in [9.17, 15) is 9.90 Å². The largest absolute Gasteiger partial charge is 0.394 e. The Morgan fingerprint density at radius 2 is 2.20 bits per heavy atom. The lowest BCUT2D eigenvalue weighted by Crippen LogP contribution is -2.39. The van der Waals surface area contributed by atoms with Crippen molar-refractivity contribution in [2.75, 3.05) is 13.2 Å². The van der Waals surface area contributed by atoms with Crippen LogP contribution in [0.15, 0.2) is 30.3 Å². The zero-order valence-corrected chi connectivity index (χ0v) is 11.7. The normalized spacial score (nSPS) is 18.9. The highest BCUT2D eigenvalue weighted by Crippen LogP contribution is 2.21. The molecular weight excluding hydrogens is 252 g/mol. The van der Waals surface area contributed by atoms with Crippen LogP contribution in [0.5, 0.6) is 0 Å². The highest BCUT2D eigenvalue weighted by Gasteiger charge is 2.28. The summed E-state index contributed by atoms with van der Waals surface area (Å²) < 4.78 is 2.06. The SMILES string of the molecule is Cc1cc2ccccc2n1CC(=O)N1CCC[C@@H]1CO. The Balaban J connectivity index is 1.86. The molecule has 106 valence electrons. The molecule has 20 heavy (non-hydrogen) atoms. The topological polar surface area (TPSA) is 45.5 Å². The molecule has 1 aromatic carbocycles. The number of nitrogens with zero attached hydrogens (tertiary/aromatic N) is 2. The third-order valence-electron chi connectivity index (χ3n) is 4.22. The van der Waals surface area contributed by atoms with Gasteiger partial charge in [0.1, 0.15) is 6.54 Å². The molecule has 1 fully saturated rings. The Morgan fingerprint density at radius 1 is 1.40 bits per heavy atom. The predicted molar refractivity (Wildman–Crippen MR) is 78.5 cm³/mol. The second-order valence-electron chi connectivity index (χ2n) is 5.50. The summed E-state index contributed by atoms with van der Waals surface area (Å²) in [6, 6.07) is 10.2. The maximum absolute atomic E-state index is 12.5. The van der Waals surface area contributed by atoms with E-state index < -0.39 is 0 Å². The van der Waals surface area contributed by atoms with Crippen LogP contribution in [0.25, 0.3) is 10.9 Å². The summed E-state index contributed by atoms with van der Waals surface area (Å²) in [4.78, 5) is 14.3. The first-order valence-electron chi connectivity index (χ1n) is 7.16. The molecular formula is C16H20N2O2. The van der Waals surface area contributed by atoms with Crippen molar-refractivity contribution in [3.63, 3.8) is 0 Å². The summed E-state index contributed by atoms with van der Waals surface area (Å²) >= 11 is 0. The number of para-hydroxylation sites is 1. The smallest absolute Gasteiger partial charge is 0.242 e. The van der Waals surface area contributed by atoms with E-state index in [4.69, 9.17) is 0 Å². The van der Waals surface area contributed by atoms with Crippen molar-refractivity contribution >= 4 is 16.8 Å². The monoisotopic (exact) mass is 272 g/mol. The van der Waals surface area contributed by atoms with Crippen LogP contribution >= 0.6 is 0 Å². The van der Waals surface area contributed by atoms with Gasteiger partial charge in [-0.15, -0.1) is 0 Å². The fourth-order valence-corrected chi connectivity index (χ4v) is 3.14. The minimum atomic E-state index is 0.00429. The van der Waals surface area contributed by atoms with Crippen LogP contribution in [0.2, 0.25) is 0 Å². The van der Waals surface area contributed by atoms with E-state index in [0.717, 1.165) is 36.0 Å². The lowest BCUT2D eigenvalue weighted by Gasteiger charge is -2.23. The minimum Gasteiger partial charge on any atom is -0.394 e. The van der Waals surface area contributed by atoms with Gasteiger partial charge in [-0.25, -0.2) is 0 Å². The molecule has 0 spiro atoms. The van der Waals surface area contributed by atoms with Crippen LogP contribution in [0.1, 0.15) is 18.5 Å². The van der Waals surface area contributed by atoms with Crippen molar-refractivity contribution < 1.29 is 9.90 Å². The Bertz CT molecular complexity index is 632. The third kappa shape index (κ3) is 2.20. The number of carbonyl (C=O) groups excluding carboxylic acids is 1. The van der Waals surface area contributed by atoms with Crippen LogP contribution < -0.4 is 0 Å². The summed E-state index contributed by atoms with van der Waals surface area (Å²) in [5.74, 6) is 0.103. The maximum Gasteiger partial charge on any atom is 0.242 e. The number of aliphatic hydroxyl groups excluding tert-OH is 1. The zero-order chi connectivity index (χ0) is 14.1. The standard InChI is InChI=1S/C16H20N2O2/c1-12-9-13-5-2-3-7-15(13)18(12)10-16(20)17-8-4-6-14(17)11-19/h2-3,5,7,9,14,19H,4,6,8,10-11H2,1H3/t14-/m1/s1. The Kier molecular flexibility index (Phi) is 3.49. The Hall–Kier alpha value is -1.81. The molecule has 0 unspecified atom stereocenters. The number of fused-ring (bicyclic) bond motifs is 1. The van der Waals surface area contributed by atoms with Crippen LogP contribution in [-0.4, -0.2) is 39.7 Å². The number of rotatable bonds is 3. The number of carbonyl (C=O) groups is 1. The highest BCUT2D eigenvalue weighted by molar-refractivity contribution is 5.84. The summed E-state index contributed by atoms with van der Waals surface area (Å²) in [6.07, 6.45) is 1.90. The maximum atomic E-state index is 12.5. The molecule has 3 rings (SSSR count). The highest BCUT2D eigenvalue weighted by atomic mass is 16.3. The molecule has 1 aliphatic rings. The van der Waals surface area contributed by atoms with Crippen LogP contribution in [0, 0.1) is 6.92 Å². The number of aromatic nitrogens is 1. The molecule has 2 heterocycles. The van der Waals surface area contributed by atoms with Gasteiger partial charge in [0.2, 0.25) is 5.91 Å². The quantitative estimate of drug-likeness (QED) is 0.928. The summed E-state index contributed by atoms with van der Waals surface area (Å²) in [5, 5.41) is 10.5. The Labute approximate surface area is 118 Å². The van der Waals surface area contributed by atoms with Gasteiger partial charge in [-0.05, 0) is 37.3 Å². The lowest BCUT2D eigenvalue weighted by molar-refractivity contribution is -0.133. The number of hydrogen-bond acceptors (Lipinski definition) is 2. The van der Waals surface area contributed by atoms with Crippen molar-refractivity contribution in [3.05, 3.63) is 36.0 Å². The number of hydrogen-bond donors (Lipinski definition) is 1. The van der Waals surface area contributed by atoms with E-state index in [1.165, 1.54) is 0 Å². The van der Waals surface area contributed by atoms with Crippen molar-refractivity contribution in [3.8, 4) is 0 Å². The second-order valence-corrected chi connectivity index (χ2v) is 5.50. The number of benzene rings is 1. The van der Waals surface area contributed by atoms with E-state index in [1.54, 1.807) is 0 Å². The van der Waals surface area contributed by atoms with Gasteiger partial charge in [-0.2, -0.15) is 0 Å². The first-order valence-corrected chi connectivity index (χ1v) is 7.16. The molecule has 1 N–H and O–H groups in total. The molecule has 1 aliphatic heterocycles. The van der Waals surface area contributed by atoms with Crippen molar-refractivity contribution in [2.45, 2.75) is 32.4 Å². The number of aryl methyl sites for hydroxylation is 1. The van der Waals surface area contributed by atoms with E-state index in [1.807, 2.05) is 30.0 Å². The van der Waals surface area contributed by atoms with Gasteiger partial charge in [0, 0.05) is 17.8 Å². The van der Waals surface area contributed by atoms with E-state index in [0.29, 0.717) is 6.54 Å². The van der Waals surface area contributed by atoms with Gasteiger partial charge in [0.25, 0.3) is 0 Å². The van der Waals surface area contributed by atoms with Gasteiger partial charge in [-0.1, -0.05) is 18.2 Å². The molecule has 1 amide bonds. The first-order chi connectivity index (χ1) is 9.70. The predicted octanol–water partition coefficient (Wildman–Crippen LogP) is 1.93. The molecule has 0 saturated carbocycles. The first kappa shape index (κ1) is 13.2. The summed E-state index contributed by atoms with van der Waals surface area (Å²) in [5.41, 5.74) is 2.19. The molecule has 4 heteroatoms. The summed E-state index contributed by atoms with van der Waals surface area (Å²) in [6.45, 7) is 3.22. The molecule has 0 bridgehead atoms. The zero-order valence-electron chi connectivity index (χ0n) is 11.7. The van der Waals surface area contributed by atoms with Gasteiger partial charge >= 0.3 is 0 Å². The Morgan fingerprint density at radius 3 is 3.00 bits per heavy atom. The lowest BCUT2D eigenvalue weighted by atomic mass is 10.2. The molecule has 1 atom stereocenters. The van der Waals surface area contributed by atoms with Crippen LogP contribution in [-0.2, 0) is 11.3 Å². The summed E-state index contributed by atoms with van der Waals surface area (Å²) in [7, 11) is 0. The minimum absolute atomic E-state index is 0.00429. The molecule has 0 radical (unpaired) electrons. The third-order valence-corrected chi connectivity index (χ3v) is 4.22. The van der Waals surface area contributed by atoms with Crippen molar-refractivity contribution in [1.29, 1.82) is 0 Å². The molecule has 1 saturated heterocycles. The van der Waals surface area contributed by atoms with Gasteiger partial charge in [0.15, 0.2) is 0 Å².